The van der Waals surface area contributed by atoms with Crippen LogP contribution < -0.4 is 0 Å². The van der Waals surface area contributed by atoms with Gasteiger partial charge in [0.05, 0.1) is 0 Å². The number of carbonyl (C=O) groups is 1. The second kappa shape index (κ2) is 5.50. The Hall–Kier alpha value is -1.08. The summed E-state index contributed by atoms with van der Waals surface area (Å²) in [7, 11) is 0. The zero-order valence-electron chi connectivity index (χ0n) is 8.54. The highest BCUT2D eigenvalue weighted by Gasteiger charge is 2.07. The number of carbonyl (C=O) groups excluding carboxylic acids is 1. The molecule has 0 radical (unpaired) electrons. The molecule has 2 rings (SSSR count). The van der Waals surface area contributed by atoms with Gasteiger partial charge < -0.3 is 0 Å². The molecule has 0 aliphatic heterocycles. The van der Waals surface area contributed by atoms with Crippen molar-refractivity contribution in [3.63, 3.8) is 0 Å². The lowest BCUT2D eigenvalue weighted by Gasteiger charge is -1.98. The van der Waals surface area contributed by atoms with Crippen molar-refractivity contribution in [2.45, 2.75) is 0 Å². The van der Waals surface area contributed by atoms with Crippen LogP contribution in [0.15, 0.2) is 39.5 Å². The molecule has 4 heteroatoms. The summed E-state index contributed by atoms with van der Waals surface area (Å²) in [6.45, 7) is 0. The molecule has 0 amide bonds. The third-order valence-electron chi connectivity index (χ3n) is 2.02. The van der Waals surface area contributed by atoms with Crippen molar-refractivity contribution in [3.05, 3.63) is 55.6 Å². The van der Waals surface area contributed by atoms with Crippen molar-refractivity contribution in [1.29, 1.82) is 0 Å². The van der Waals surface area contributed by atoms with E-state index in [-0.39, 0.29) is 5.78 Å². The van der Waals surface area contributed by atoms with Gasteiger partial charge in [-0.2, -0.15) is 11.3 Å². The van der Waals surface area contributed by atoms with Crippen LogP contribution >= 0.6 is 38.9 Å². The first-order valence-corrected chi connectivity index (χ1v) is 6.82. The van der Waals surface area contributed by atoms with Crippen LogP contribution in [0, 0.1) is 11.8 Å². The van der Waals surface area contributed by atoms with Crippen LogP contribution in [-0.4, -0.2) is 5.78 Å². The van der Waals surface area contributed by atoms with Gasteiger partial charge in [0, 0.05) is 26.0 Å². The van der Waals surface area contributed by atoms with E-state index in [9.17, 15) is 4.79 Å². The molecule has 0 bridgehead atoms. The summed E-state index contributed by atoms with van der Waals surface area (Å²) in [5.74, 6) is 5.21. The molecule has 0 saturated heterocycles. The van der Waals surface area contributed by atoms with Gasteiger partial charge in [0.1, 0.15) is 0 Å². The Bertz CT molecular complexity index is 608. The minimum atomic E-state index is -0.222. The van der Waals surface area contributed by atoms with Gasteiger partial charge in [-0.25, -0.2) is 0 Å². The lowest BCUT2D eigenvalue weighted by atomic mass is 10.1. The number of benzene rings is 1. The maximum absolute atomic E-state index is 11.8. The number of halogens is 2. The van der Waals surface area contributed by atoms with Crippen molar-refractivity contribution in [1.82, 2.24) is 0 Å². The zero-order valence-corrected chi connectivity index (χ0v) is 11.7. The summed E-state index contributed by atoms with van der Waals surface area (Å²) in [6.07, 6.45) is 0. The smallest absolute Gasteiger partial charge is 0.237 e. The third kappa shape index (κ3) is 3.19. The first-order chi connectivity index (χ1) is 8.16. The molecule has 2 aromatic rings. The average molecular weight is 326 g/mol. The van der Waals surface area contributed by atoms with Gasteiger partial charge >= 0.3 is 0 Å². The fourth-order valence-electron chi connectivity index (χ4n) is 1.21. The molecule has 0 unspecified atom stereocenters. The molecule has 84 valence electrons. The number of thiophene rings is 1. The van der Waals surface area contributed by atoms with Crippen LogP contribution in [0.25, 0.3) is 0 Å². The Balaban J connectivity index is 2.26. The highest BCUT2D eigenvalue weighted by molar-refractivity contribution is 9.10. The topological polar surface area (TPSA) is 17.1 Å². The molecule has 0 aliphatic carbocycles. The van der Waals surface area contributed by atoms with Crippen LogP contribution in [0.3, 0.4) is 0 Å². The molecule has 0 aliphatic rings. The van der Waals surface area contributed by atoms with Crippen molar-refractivity contribution in [2.24, 2.45) is 0 Å². The minimum Gasteiger partial charge on any atom is -0.279 e. The van der Waals surface area contributed by atoms with Crippen molar-refractivity contribution in [2.75, 3.05) is 0 Å². The van der Waals surface area contributed by atoms with E-state index in [4.69, 9.17) is 11.6 Å². The summed E-state index contributed by atoms with van der Waals surface area (Å²) in [5.41, 5.74) is 1.38. The van der Waals surface area contributed by atoms with Crippen molar-refractivity contribution >= 4 is 44.7 Å². The molecular weight excluding hydrogens is 320 g/mol. The van der Waals surface area contributed by atoms with Gasteiger partial charge in [-0.3, -0.25) is 4.79 Å². The second-order valence-electron chi connectivity index (χ2n) is 3.22. The van der Waals surface area contributed by atoms with Crippen LogP contribution in [0.5, 0.6) is 0 Å². The summed E-state index contributed by atoms with van der Waals surface area (Å²) in [4.78, 5) is 11.8. The Labute approximate surface area is 117 Å². The maximum atomic E-state index is 11.8. The highest BCUT2D eigenvalue weighted by Crippen LogP contribution is 2.21. The lowest BCUT2D eigenvalue weighted by Crippen LogP contribution is -1.96. The van der Waals surface area contributed by atoms with Gasteiger partial charge in [-0.05, 0) is 51.5 Å². The normalized spacial score (nSPS) is 9.53. The van der Waals surface area contributed by atoms with E-state index < -0.39 is 0 Å². The molecular formula is C13H6BrClOS. The molecule has 0 saturated carbocycles. The van der Waals surface area contributed by atoms with Crippen molar-refractivity contribution < 1.29 is 4.79 Å². The van der Waals surface area contributed by atoms with Crippen LogP contribution in [0.2, 0.25) is 5.02 Å². The molecule has 0 N–H and O–H groups in total. The Morgan fingerprint density at radius 1 is 1.35 bits per heavy atom. The molecule has 1 heterocycles. The van der Waals surface area contributed by atoms with E-state index in [1.54, 1.807) is 29.5 Å². The van der Waals surface area contributed by atoms with E-state index in [1.807, 2.05) is 16.8 Å². The summed E-state index contributed by atoms with van der Waals surface area (Å²) < 4.78 is 0.662. The molecule has 1 aromatic carbocycles. The predicted octanol–water partition coefficient (Wildman–Crippen LogP) is 4.40. The summed E-state index contributed by atoms with van der Waals surface area (Å²) >= 11 is 10.7. The Morgan fingerprint density at radius 2 is 2.18 bits per heavy atom. The molecule has 1 nitrogen and oxygen atoms in total. The van der Waals surface area contributed by atoms with Crippen molar-refractivity contribution in [3.8, 4) is 11.8 Å². The van der Waals surface area contributed by atoms with Gasteiger partial charge in [-0.1, -0.05) is 17.5 Å². The third-order valence-corrected chi connectivity index (χ3v) is 3.59. The van der Waals surface area contributed by atoms with Crippen LogP contribution in [0.1, 0.15) is 15.9 Å². The second-order valence-corrected chi connectivity index (χ2v) is 5.29. The van der Waals surface area contributed by atoms with Gasteiger partial charge in [0.2, 0.25) is 5.78 Å². The molecule has 0 fully saturated rings. The van der Waals surface area contributed by atoms with E-state index in [0.29, 0.717) is 15.1 Å². The summed E-state index contributed by atoms with van der Waals surface area (Å²) in [6, 6.07) is 6.89. The lowest BCUT2D eigenvalue weighted by molar-refractivity contribution is 0.105. The van der Waals surface area contributed by atoms with Gasteiger partial charge in [0.15, 0.2) is 0 Å². The van der Waals surface area contributed by atoms with Crippen LogP contribution in [0.4, 0.5) is 0 Å². The number of ketones is 1. The Kier molecular flexibility index (Phi) is 4.01. The van der Waals surface area contributed by atoms with E-state index >= 15 is 0 Å². The largest absolute Gasteiger partial charge is 0.279 e. The average Bonchev–Trinajstić information content (AvgIpc) is 2.78. The highest BCUT2D eigenvalue weighted by atomic mass is 79.9. The van der Waals surface area contributed by atoms with Gasteiger partial charge in [0.25, 0.3) is 0 Å². The minimum absolute atomic E-state index is 0.222. The fraction of sp³-hybridized carbons (Fsp3) is 0. The monoisotopic (exact) mass is 324 g/mol. The summed E-state index contributed by atoms with van der Waals surface area (Å²) in [5, 5.41) is 4.41. The van der Waals surface area contributed by atoms with E-state index in [0.717, 1.165) is 5.56 Å². The molecule has 0 spiro atoms. The zero-order chi connectivity index (χ0) is 12.3. The Morgan fingerprint density at radius 3 is 2.82 bits per heavy atom. The van der Waals surface area contributed by atoms with E-state index in [2.05, 4.69) is 27.8 Å². The number of hydrogen-bond acceptors (Lipinski definition) is 2. The quantitative estimate of drug-likeness (QED) is 0.561. The number of rotatable bonds is 1. The van der Waals surface area contributed by atoms with Crippen LogP contribution in [-0.2, 0) is 0 Å². The fourth-order valence-corrected chi connectivity index (χ4v) is 2.66. The van der Waals surface area contributed by atoms with Gasteiger partial charge in [-0.15, -0.1) is 0 Å². The predicted molar refractivity (Wildman–Crippen MR) is 74.7 cm³/mol. The molecule has 1 aromatic heterocycles. The number of hydrogen-bond donors (Lipinski definition) is 0. The van der Waals surface area contributed by atoms with E-state index in [1.165, 1.54) is 0 Å². The first-order valence-electron chi connectivity index (χ1n) is 4.70. The molecule has 17 heavy (non-hydrogen) atoms. The standard InChI is InChI=1S/C13H6BrClOS/c14-12-7-10(15)2-3-11(12)13(16)4-1-9-5-6-17-8-9/h2-3,5-8H. The first kappa shape index (κ1) is 12.4. The number of Topliss-reactive ketones (excluding diaryl/α,β-unsaturated/α-hetero) is 1. The maximum Gasteiger partial charge on any atom is 0.237 e. The SMILES string of the molecule is O=C(C#Cc1ccsc1)c1ccc(Cl)cc1Br. The molecule has 0 atom stereocenters.